The van der Waals surface area contributed by atoms with E-state index in [1.54, 1.807) is 19.1 Å². The molecule has 0 saturated heterocycles. The largest absolute Gasteiger partial charge is 0.497 e. The fraction of sp³-hybridized carbons (Fsp3) is 0.541. The van der Waals surface area contributed by atoms with Gasteiger partial charge in [0.05, 0.1) is 29.9 Å². The maximum Gasteiger partial charge on any atom is 0.259 e. The van der Waals surface area contributed by atoms with E-state index in [1.165, 1.54) is 11.3 Å². The SMILES string of the molecule is COc1ccc2c(OC3CC4C(=O)NC5(C(=O)NS(=O)(=O)C6CC6)CC5/C=C/CCCCN(C)C(=O)C4C3)nc(-c3csc(NC(C)C)n3)cc2c1. The Labute approximate surface area is 308 Å². The van der Waals surface area contributed by atoms with E-state index in [0.717, 1.165) is 35.2 Å². The molecule has 3 aromatic rings. The number of thiazole rings is 1. The number of pyridine rings is 1. The summed E-state index contributed by atoms with van der Waals surface area (Å²) in [6.45, 7) is 4.64. The summed E-state index contributed by atoms with van der Waals surface area (Å²) >= 11 is 1.48. The van der Waals surface area contributed by atoms with E-state index in [4.69, 9.17) is 19.4 Å². The zero-order valence-corrected chi connectivity index (χ0v) is 31.5. The fourth-order valence-electron chi connectivity index (χ4n) is 7.31. The van der Waals surface area contributed by atoms with Crippen LogP contribution in [0.5, 0.6) is 11.6 Å². The van der Waals surface area contributed by atoms with Gasteiger partial charge < -0.3 is 25.0 Å². The van der Waals surface area contributed by atoms with Crippen molar-refractivity contribution in [1.29, 1.82) is 0 Å². The first-order valence-corrected chi connectivity index (χ1v) is 20.5. The van der Waals surface area contributed by atoms with Gasteiger partial charge in [-0.3, -0.25) is 19.1 Å². The third kappa shape index (κ3) is 7.47. The summed E-state index contributed by atoms with van der Waals surface area (Å²) < 4.78 is 39.9. The highest BCUT2D eigenvalue weighted by Crippen LogP contribution is 2.47. The van der Waals surface area contributed by atoms with Gasteiger partial charge in [-0.25, -0.2) is 18.4 Å². The second-order valence-corrected chi connectivity index (χ2v) is 17.6. The number of carbonyl (C=O) groups is 3. The van der Waals surface area contributed by atoms with E-state index in [9.17, 15) is 22.8 Å². The average molecular weight is 751 g/mol. The predicted molar refractivity (Wildman–Crippen MR) is 198 cm³/mol. The number of fused-ring (bicyclic) bond motifs is 3. The molecule has 52 heavy (non-hydrogen) atoms. The Balaban J connectivity index is 1.19. The lowest BCUT2D eigenvalue weighted by Crippen LogP contribution is -2.54. The van der Waals surface area contributed by atoms with E-state index < -0.39 is 50.6 Å². The summed E-state index contributed by atoms with van der Waals surface area (Å²) in [5.74, 6) is -2.20. The minimum Gasteiger partial charge on any atom is -0.497 e. The van der Waals surface area contributed by atoms with Crippen molar-refractivity contribution in [2.75, 3.05) is 26.0 Å². The van der Waals surface area contributed by atoms with Crippen LogP contribution in [0.25, 0.3) is 22.2 Å². The Bertz CT molecular complexity index is 2010. The van der Waals surface area contributed by atoms with Crippen molar-refractivity contribution >= 4 is 55.0 Å². The lowest BCUT2D eigenvalue weighted by molar-refractivity contribution is -0.140. The Morgan fingerprint density at radius 3 is 2.63 bits per heavy atom. The van der Waals surface area contributed by atoms with Crippen LogP contribution in [0.15, 0.2) is 41.8 Å². The standard InChI is InChI=1S/C37H46N6O7S2/c1-21(2)38-36-40-31(20-51-36)30-16-22-15-24(49-4)10-13-27(22)33(39-30)50-25-17-28-29(18-25)34(45)43(3)14-8-6-5-7-9-23-19-37(23,41-32(28)44)35(46)42-52(47,48)26-11-12-26/h7,9-10,13,15-16,20-21,23,25-26,28-29H,5-6,8,11-12,14,17-19H2,1-4H3,(H,38,40)(H,41,44)(H,42,46)/b9-7+. The summed E-state index contributed by atoms with van der Waals surface area (Å²) in [5, 5.41) is 9.97. The molecule has 3 amide bonds. The third-order valence-corrected chi connectivity index (χ3v) is 13.0. The summed E-state index contributed by atoms with van der Waals surface area (Å²) in [5.41, 5.74) is -0.116. The number of aromatic nitrogens is 2. The molecule has 15 heteroatoms. The zero-order valence-electron chi connectivity index (χ0n) is 29.9. The van der Waals surface area contributed by atoms with Crippen LogP contribution in [0.2, 0.25) is 0 Å². The lowest BCUT2D eigenvalue weighted by Gasteiger charge is -2.26. The molecule has 0 bridgehead atoms. The molecule has 278 valence electrons. The van der Waals surface area contributed by atoms with E-state index in [1.807, 2.05) is 55.6 Å². The van der Waals surface area contributed by atoms with Crippen LogP contribution in [-0.2, 0) is 24.4 Å². The van der Waals surface area contributed by atoms with Crippen molar-refractivity contribution in [3.8, 4) is 23.0 Å². The number of nitrogens with one attached hydrogen (secondary N) is 3. The van der Waals surface area contributed by atoms with Gasteiger partial charge in [0.1, 0.15) is 23.1 Å². The molecule has 3 N–H and O–H groups in total. The molecular weight excluding hydrogens is 705 g/mol. The molecule has 13 nitrogen and oxygen atoms in total. The first-order chi connectivity index (χ1) is 24.9. The number of sulfonamides is 1. The highest BCUT2D eigenvalue weighted by atomic mass is 32.2. The highest BCUT2D eigenvalue weighted by molar-refractivity contribution is 7.91. The molecule has 3 fully saturated rings. The molecule has 2 aromatic heterocycles. The van der Waals surface area contributed by atoms with Crippen LogP contribution in [0.4, 0.5) is 5.13 Å². The number of anilines is 1. The maximum absolute atomic E-state index is 14.2. The van der Waals surface area contributed by atoms with Gasteiger partial charge in [-0.15, -0.1) is 11.3 Å². The Morgan fingerprint density at radius 2 is 1.88 bits per heavy atom. The average Bonchev–Trinajstić information content (AvgIpc) is 3.99. The normalized spacial score (nSPS) is 27.3. The highest BCUT2D eigenvalue weighted by Gasteiger charge is 2.62. The van der Waals surface area contributed by atoms with Gasteiger partial charge in [-0.2, -0.15) is 0 Å². The van der Waals surface area contributed by atoms with Crippen LogP contribution in [-0.4, -0.2) is 84.6 Å². The summed E-state index contributed by atoms with van der Waals surface area (Å²) in [4.78, 5) is 53.2. The summed E-state index contributed by atoms with van der Waals surface area (Å²) in [6, 6.07) is 7.76. The Kier molecular flexibility index (Phi) is 9.93. The number of benzene rings is 1. The van der Waals surface area contributed by atoms with Gasteiger partial charge in [0.25, 0.3) is 5.91 Å². The Morgan fingerprint density at radius 1 is 1.10 bits per heavy atom. The number of methoxy groups -OCH3 is 1. The first-order valence-electron chi connectivity index (χ1n) is 18.0. The van der Waals surface area contributed by atoms with E-state index in [0.29, 0.717) is 42.4 Å². The number of nitrogens with zero attached hydrogens (tertiary/aromatic N) is 3. The van der Waals surface area contributed by atoms with Gasteiger partial charge in [0.15, 0.2) is 5.13 Å². The molecule has 7 rings (SSSR count). The van der Waals surface area contributed by atoms with Gasteiger partial charge in [-0.1, -0.05) is 12.2 Å². The molecule has 1 aromatic carbocycles. The van der Waals surface area contributed by atoms with Gasteiger partial charge in [0.2, 0.25) is 27.7 Å². The minimum absolute atomic E-state index is 0.162. The topological polar surface area (TPSA) is 169 Å². The maximum atomic E-state index is 14.2. The van der Waals surface area contributed by atoms with E-state index in [2.05, 4.69) is 15.4 Å². The van der Waals surface area contributed by atoms with Gasteiger partial charge >= 0.3 is 0 Å². The second kappa shape index (κ2) is 14.3. The van der Waals surface area contributed by atoms with Crippen LogP contribution >= 0.6 is 11.3 Å². The molecule has 5 atom stereocenters. The molecular formula is C37H46N6O7S2. The minimum atomic E-state index is -3.83. The van der Waals surface area contributed by atoms with Crippen LogP contribution in [0, 0.1) is 17.8 Å². The molecule has 1 aliphatic heterocycles. The Hall–Kier alpha value is -4.24. The smallest absolute Gasteiger partial charge is 0.259 e. The molecule has 4 aliphatic rings. The summed E-state index contributed by atoms with van der Waals surface area (Å²) in [6.07, 6.45) is 7.47. The van der Waals surface area contributed by atoms with Crippen molar-refractivity contribution < 1.29 is 32.3 Å². The second-order valence-electron chi connectivity index (χ2n) is 14.8. The quantitative estimate of drug-likeness (QED) is 0.262. The molecule has 3 aliphatic carbocycles. The monoisotopic (exact) mass is 750 g/mol. The van der Waals surface area contributed by atoms with Crippen LogP contribution < -0.4 is 24.8 Å². The van der Waals surface area contributed by atoms with E-state index in [-0.39, 0.29) is 37.1 Å². The fourth-order valence-corrected chi connectivity index (χ4v) is 9.52. The van der Waals surface area contributed by atoms with Crippen molar-refractivity contribution in [3.63, 3.8) is 0 Å². The molecule has 0 radical (unpaired) electrons. The number of allylic oxidation sites excluding steroid dienone is 1. The van der Waals surface area contributed by atoms with Crippen LogP contribution in [0.3, 0.4) is 0 Å². The number of hydrogen-bond acceptors (Lipinski definition) is 11. The van der Waals surface area contributed by atoms with E-state index >= 15 is 0 Å². The van der Waals surface area contributed by atoms with Crippen molar-refractivity contribution in [1.82, 2.24) is 24.9 Å². The first kappa shape index (κ1) is 36.1. The van der Waals surface area contributed by atoms with Crippen molar-refractivity contribution in [2.24, 2.45) is 17.8 Å². The number of hydrogen-bond donors (Lipinski definition) is 3. The molecule has 3 heterocycles. The predicted octanol–water partition coefficient (Wildman–Crippen LogP) is 4.64. The number of ether oxygens (including phenoxy) is 2. The lowest BCUT2D eigenvalue weighted by atomic mass is 9.93. The molecule has 0 spiro atoms. The van der Waals surface area contributed by atoms with Crippen molar-refractivity contribution in [2.45, 2.75) is 88.1 Å². The van der Waals surface area contributed by atoms with Gasteiger partial charge in [0, 0.05) is 36.3 Å². The number of rotatable bonds is 9. The molecule has 3 saturated carbocycles. The molecule has 5 unspecified atom stereocenters. The van der Waals surface area contributed by atoms with Gasteiger partial charge in [-0.05, 0) is 94.9 Å². The summed E-state index contributed by atoms with van der Waals surface area (Å²) in [7, 11) is -0.472. The van der Waals surface area contributed by atoms with Crippen LogP contribution in [0.1, 0.15) is 65.2 Å². The third-order valence-electron chi connectivity index (χ3n) is 10.5. The number of amides is 3. The number of carbonyl (C=O) groups excluding carboxylic acids is 3. The zero-order chi connectivity index (χ0) is 36.8. The van der Waals surface area contributed by atoms with Crippen molar-refractivity contribution in [3.05, 3.63) is 41.8 Å².